The molecule has 0 atom stereocenters. The van der Waals surface area contributed by atoms with Crippen molar-refractivity contribution in [3.63, 3.8) is 0 Å². The van der Waals surface area contributed by atoms with Crippen molar-refractivity contribution >= 4 is 44.8 Å². The van der Waals surface area contributed by atoms with Crippen LogP contribution >= 0.6 is 11.3 Å². The fourth-order valence-electron chi connectivity index (χ4n) is 3.48. The minimum absolute atomic E-state index is 0.268. The van der Waals surface area contributed by atoms with Gasteiger partial charge in [0.1, 0.15) is 10.7 Å². The van der Waals surface area contributed by atoms with Crippen LogP contribution in [0.25, 0.3) is 22.2 Å². The Kier molecular flexibility index (Phi) is 5.27. The molecule has 0 aliphatic heterocycles. The number of aromatic amines is 1. The smallest absolute Gasteiger partial charge is 0.267 e. The second-order valence-electron chi connectivity index (χ2n) is 7.36. The van der Waals surface area contributed by atoms with Gasteiger partial charge in [0.25, 0.3) is 5.91 Å². The second kappa shape index (κ2) is 8.40. The molecule has 4 aromatic heterocycles. The molecule has 0 aliphatic rings. The summed E-state index contributed by atoms with van der Waals surface area (Å²) in [6, 6.07) is 12.3. The number of halogens is 1. The van der Waals surface area contributed by atoms with Gasteiger partial charge in [0, 0.05) is 17.3 Å². The van der Waals surface area contributed by atoms with E-state index < -0.39 is 5.95 Å². The Balaban J connectivity index is 1.36. The molecule has 3 N–H and O–H groups in total. The summed E-state index contributed by atoms with van der Waals surface area (Å²) in [5.74, 6) is -0.379. The Hall–Kier alpha value is -4.18. The first-order chi connectivity index (χ1) is 16.0. The molecule has 5 aromatic rings. The second-order valence-corrected chi connectivity index (χ2v) is 8.39. The van der Waals surface area contributed by atoms with Crippen LogP contribution in [0.3, 0.4) is 0 Å². The fourth-order valence-corrected chi connectivity index (χ4v) is 4.20. The molecule has 0 unspecified atom stereocenters. The molecule has 0 saturated carbocycles. The van der Waals surface area contributed by atoms with E-state index in [0.717, 1.165) is 27.8 Å². The highest BCUT2D eigenvalue weighted by molar-refractivity contribution is 7.17. The van der Waals surface area contributed by atoms with Crippen molar-refractivity contribution in [2.24, 2.45) is 0 Å². The van der Waals surface area contributed by atoms with Crippen LogP contribution in [0.4, 0.5) is 21.0 Å². The number of aromatic nitrogens is 5. The van der Waals surface area contributed by atoms with Gasteiger partial charge in [-0.2, -0.15) is 9.49 Å². The van der Waals surface area contributed by atoms with Crippen molar-refractivity contribution in [1.82, 2.24) is 25.1 Å². The number of aryl methyl sites for hydroxylation is 2. The van der Waals surface area contributed by atoms with Gasteiger partial charge in [-0.3, -0.25) is 9.89 Å². The average Bonchev–Trinajstić information content (AvgIpc) is 3.43. The summed E-state index contributed by atoms with van der Waals surface area (Å²) in [7, 11) is 0. The SMILES string of the molecule is Cc1ccc2n[nH]c(C)c2c1NC(=O)c1cnc(Nc2cccc(-c3cccnc3F)n2)s1. The number of hydrogen-bond acceptors (Lipinski definition) is 7. The van der Waals surface area contributed by atoms with Gasteiger partial charge in [0.2, 0.25) is 5.95 Å². The zero-order valence-corrected chi connectivity index (χ0v) is 18.5. The lowest BCUT2D eigenvalue weighted by Crippen LogP contribution is -2.11. The molecule has 10 heteroatoms. The number of carbonyl (C=O) groups is 1. The summed E-state index contributed by atoms with van der Waals surface area (Å²) in [5, 5.41) is 14.7. The molecule has 164 valence electrons. The van der Waals surface area contributed by atoms with Crippen LogP contribution in [0.15, 0.2) is 54.9 Å². The molecule has 0 saturated heterocycles. The molecule has 5 rings (SSSR count). The highest BCUT2D eigenvalue weighted by Crippen LogP contribution is 2.30. The quantitative estimate of drug-likeness (QED) is 0.311. The van der Waals surface area contributed by atoms with Gasteiger partial charge in [0.15, 0.2) is 5.13 Å². The van der Waals surface area contributed by atoms with Crippen molar-refractivity contribution in [2.45, 2.75) is 13.8 Å². The predicted molar refractivity (Wildman–Crippen MR) is 126 cm³/mol. The summed E-state index contributed by atoms with van der Waals surface area (Å²) < 4.78 is 14.0. The van der Waals surface area contributed by atoms with Crippen molar-refractivity contribution in [3.8, 4) is 11.3 Å². The number of carbonyl (C=O) groups excluding carboxylic acids is 1. The van der Waals surface area contributed by atoms with E-state index in [1.54, 1.807) is 30.3 Å². The third-order valence-corrected chi connectivity index (χ3v) is 6.01. The average molecular weight is 460 g/mol. The zero-order chi connectivity index (χ0) is 22.9. The lowest BCUT2D eigenvalue weighted by molar-refractivity contribution is 0.103. The number of H-pyrrole nitrogens is 1. The maximum atomic E-state index is 14.0. The van der Waals surface area contributed by atoms with E-state index in [9.17, 15) is 9.18 Å². The fraction of sp³-hybridized carbons (Fsp3) is 0.0870. The first kappa shape index (κ1) is 20.7. The summed E-state index contributed by atoms with van der Waals surface area (Å²) in [5.41, 5.74) is 4.08. The third-order valence-electron chi connectivity index (χ3n) is 5.10. The van der Waals surface area contributed by atoms with E-state index in [0.29, 0.717) is 27.1 Å². The predicted octanol–water partition coefficient (Wildman–Crippen LogP) is 5.23. The first-order valence-corrected chi connectivity index (χ1v) is 10.9. The molecule has 0 bridgehead atoms. The van der Waals surface area contributed by atoms with E-state index in [2.05, 4.69) is 35.8 Å². The number of nitrogens with one attached hydrogen (secondary N) is 3. The zero-order valence-electron chi connectivity index (χ0n) is 17.7. The van der Waals surface area contributed by atoms with Crippen molar-refractivity contribution in [3.05, 3.63) is 76.9 Å². The molecular formula is C23H18FN7OS. The molecule has 33 heavy (non-hydrogen) atoms. The van der Waals surface area contributed by atoms with Crippen LogP contribution in [-0.2, 0) is 0 Å². The summed E-state index contributed by atoms with van der Waals surface area (Å²) in [4.78, 5) is 25.7. The van der Waals surface area contributed by atoms with E-state index in [1.807, 2.05) is 26.0 Å². The van der Waals surface area contributed by atoms with Crippen LogP contribution in [-0.4, -0.2) is 31.1 Å². The van der Waals surface area contributed by atoms with Gasteiger partial charge in [-0.25, -0.2) is 15.0 Å². The number of rotatable bonds is 5. The van der Waals surface area contributed by atoms with E-state index in [-0.39, 0.29) is 5.91 Å². The summed E-state index contributed by atoms with van der Waals surface area (Å²) in [6.07, 6.45) is 2.89. The van der Waals surface area contributed by atoms with Crippen LogP contribution in [0.2, 0.25) is 0 Å². The maximum absolute atomic E-state index is 14.0. The molecule has 0 radical (unpaired) electrons. The number of anilines is 3. The number of benzene rings is 1. The van der Waals surface area contributed by atoms with E-state index in [4.69, 9.17) is 0 Å². The molecule has 0 aliphatic carbocycles. The minimum Gasteiger partial charge on any atom is -0.320 e. The van der Waals surface area contributed by atoms with Gasteiger partial charge in [-0.15, -0.1) is 0 Å². The van der Waals surface area contributed by atoms with E-state index in [1.165, 1.54) is 23.7 Å². The minimum atomic E-state index is -0.589. The van der Waals surface area contributed by atoms with Gasteiger partial charge >= 0.3 is 0 Å². The highest BCUT2D eigenvalue weighted by atomic mass is 32.1. The molecule has 1 aromatic carbocycles. The Morgan fingerprint density at radius 1 is 1.09 bits per heavy atom. The van der Waals surface area contributed by atoms with Gasteiger partial charge in [0.05, 0.1) is 28.7 Å². The normalized spacial score (nSPS) is 11.0. The molecule has 4 heterocycles. The Morgan fingerprint density at radius 3 is 2.82 bits per heavy atom. The lowest BCUT2D eigenvalue weighted by Gasteiger charge is -2.09. The molecule has 8 nitrogen and oxygen atoms in total. The monoisotopic (exact) mass is 459 g/mol. The molecule has 0 fully saturated rings. The summed E-state index contributed by atoms with van der Waals surface area (Å²) >= 11 is 1.19. The van der Waals surface area contributed by atoms with Gasteiger partial charge in [-0.05, 0) is 49.7 Å². The molecule has 1 amide bonds. The highest BCUT2D eigenvalue weighted by Gasteiger charge is 2.16. The van der Waals surface area contributed by atoms with Gasteiger partial charge in [-0.1, -0.05) is 23.5 Å². The number of thiazole rings is 1. The Labute approximate surface area is 192 Å². The van der Waals surface area contributed by atoms with Crippen molar-refractivity contribution < 1.29 is 9.18 Å². The lowest BCUT2D eigenvalue weighted by atomic mass is 10.1. The Bertz CT molecular complexity index is 1490. The topological polar surface area (TPSA) is 108 Å². The van der Waals surface area contributed by atoms with Crippen molar-refractivity contribution in [1.29, 1.82) is 0 Å². The molecule has 0 spiro atoms. The maximum Gasteiger partial charge on any atom is 0.267 e. The van der Waals surface area contributed by atoms with Crippen LogP contribution < -0.4 is 10.6 Å². The summed E-state index contributed by atoms with van der Waals surface area (Å²) in [6.45, 7) is 3.85. The first-order valence-electron chi connectivity index (χ1n) is 10.1. The van der Waals surface area contributed by atoms with E-state index >= 15 is 0 Å². The number of hydrogen-bond donors (Lipinski definition) is 3. The van der Waals surface area contributed by atoms with Gasteiger partial charge < -0.3 is 10.6 Å². The van der Waals surface area contributed by atoms with Crippen LogP contribution in [0, 0.1) is 19.8 Å². The molecular weight excluding hydrogens is 441 g/mol. The Morgan fingerprint density at radius 2 is 1.97 bits per heavy atom. The van der Waals surface area contributed by atoms with Crippen LogP contribution in [0.5, 0.6) is 0 Å². The van der Waals surface area contributed by atoms with Crippen LogP contribution in [0.1, 0.15) is 20.9 Å². The number of fused-ring (bicyclic) bond motifs is 1. The number of amides is 1. The standard InChI is InChI=1S/C23H18FN7OS/c1-12-8-9-16-19(13(2)30-31-16)20(12)29-22(32)17-11-26-23(33-17)28-18-7-3-6-15(27-18)14-5-4-10-25-21(14)24/h3-11H,1-2H3,(H,29,32)(H,30,31)(H,26,27,28). The largest absolute Gasteiger partial charge is 0.320 e. The van der Waals surface area contributed by atoms with Crippen molar-refractivity contribution in [2.75, 3.05) is 10.6 Å². The third kappa shape index (κ3) is 4.03. The number of pyridine rings is 2. The number of nitrogens with zero attached hydrogens (tertiary/aromatic N) is 4.